The third-order valence-electron chi connectivity index (χ3n) is 4.54. The van der Waals surface area contributed by atoms with Crippen molar-refractivity contribution in [2.75, 3.05) is 18.0 Å². The highest BCUT2D eigenvalue weighted by Gasteiger charge is 2.19. The van der Waals surface area contributed by atoms with Crippen LogP contribution in [-0.2, 0) is 25.9 Å². The number of aryl methyl sites for hydroxylation is 1. The predicted octanol–water partition coefficient (Wildman–Crippen LogP) is 2.61. The molecule has 0 fully saturated rings. The molecule has 0 aliphatic carbocycles. The number of rotatable bonds is 3. The average Bonchev–Trinajstić information content (AvgIpc) is 2.83. The lowest BCUT2D eigenvalue weighted by Crippen LogP contribution is -2.28. The van der Waals surface area contributed by atoms with Gasteiger partial charge in [-0.2, -0.15) is 5.26 Å². The molecule has 0 saturated heterocycles. The fraction of sp³-hybridized carbons (Fsp3) is 0.368. The summed E-state index contributed by atoms with van der Waals surface area (Å²) in [4.78, 5) is 6.79. The first-order valence-corrected chi connectivity index (χ1v) is 8.12. The molecule has 1 N–H and O–H groups in total. The summed E-state index contributed by atoms with van der Waals surface area (Å²) in [5.74, 6) is 0.710. The van der Waals surface area contributed by atoms with E-state index in [0.717, 1.165) is 37.9 Å². The number of pyridine rings is 1. The van der Waals surface area contributed by atoms with Crippen LogP contribution in [0.4, 0.5) is 5.82 Å². The van der Waals surface area contributed by atoms with Gasteiger partial charge in [-0.3, -0.25) is 0 Å². The molecule has 0 bridgehead atoms. The van der Waals surface area contributed by atoms with Gasteiger partial charge in [-0.1, -0.05) is 31.2 Å². The van der Waals surface area contributed by atoms with E-state index < -0.39 is 0 Å². The Morgan fingerprint density at radius 2 is 1.87 bits per heavy atom. The molecule has 2 heterocycles. The maximum absolute atomic E-state index is 9.57. The summed E-state index contributed by atoms with van der Waals surface area (Å²) in [6.45, 7) is 3.61. The van der Waals surface area contributed by atoms with Gasteiger partial charge in [0, 0.05) is 13.1 Å². The third kappa shape index (κ3) is 3.06. The van der Waals surface area contributed by atoms with Crippen molar-refractivity contribution in [3.8, 4) is 6.07 Å². The number of benzene rings is 1. The average molecular weight is 307 g/mol. The Balaban J connectivity index is 1.95. The summed E-state index contributed by atoms with van der Waals surface area (Å²) in [6, 6.07) is 12.7. The SMILES string of the molecule is CCc1cc(C#N)c(N2CCc3ccccc3CC2)nc1CO. The first-order valence-electron chi connectivity index (χ1n) is 8.12. The molecule has 0 radical (unpaired) electrons. The van der Waals surface area contributed by atoms with Crippen LogP contribution in [0.3, 0.4) is 0 Å². The van der Waals surface area contributed by atoms with E-state index in [2.05, 4.69) is 40.2 Å². The molecule has 0 amide bonds. The summed E-state index contributed by atoms with van der Waals surface area (Å²) in [7, 11) is 0. The minimum absolute atomic E-state index is 0.0874. The number of aliphatic hydroxyl groups excluding tert-OH is 1. The molecule has 0 unspecified atom stereocenters. The highest BCUT2D eigenvalue weighted by Crippen LogP contribution is 2.25. The minimum atomic E-state index is -0.0874. The van der Waals surface area contributed by atoms with Crippen molar-refractivity contribution in [3.63, 3.8) is 0 Å². The summed E-state index contributed by atoms with van der Waals surface area (Å²) in [6.07, 6.45) is 2.67. The first kappa shape index (κ1) is 15.5. The van der Waals surface area contributed by atoms with Crippen LogP contribution in [-0.4, -0.2) is 23.2 Å². The zero-order valence-corrected chi connectivity index (χ0v) is 13.4. The minimum Gasteiger partial charge on any atom is -0.390 e. The van der Waals surface area contributed by atoms with Crippen molar-refractivity contribution in [3.05, 3.63) is 58.3 Å². The van der Waals surface area contributed by atoms with Crippen LogP contribution in [0, 0.1) is 11.3 Å². The quantitative estimate of drug-likeness (QED) is 0.947. The van der Waals surface area contributed by atoms with Gasteiger partial charge in [0.1, 0.15) is 11.9 Å². The standard InChI is InChI=1S/C19H21N3O/c1-2-14-11-17(12-20)19(21-18(14)13-23)22-9-7-15-5-3-4-6-16(15)8-10-22/h3-6,11,23H,2,7-10,13H2,1H3. The Kier molecular flexibility index (Phi) is 4.59. The van der Waals surface area contributed by atoms with Crippen molar-refractivity contribution < 1.29 is 5.11 Å². The number of fused-ring (bicyclic) bond motifs is 1. The number of nitrogens with zero attached hydrogens (tertiary/aromatic N) is 3. The molecule has 1 aromatic carbocycles. The lowest BCUT2D eigenvalue weighted by molar-refractivity contribution is 0.275. The highest BCUT2D eigenvalue weighted by molar-refractivity contribution is 5.57. The zero-order valence-electron chi connectivity index (χ0n) is 13.4. The Morgan fingerprint density at radius 3 is 2.39 bits per heavy atom. The van der Waals surface area contributed by atoms with Gasteiger partial charge in [0.2, 0.25) is 0 Å². The van der Waals surface area contributed by atoms with Gasteiger partial charge in [-0.15, -0.1) is 0 Å². The number of hydrogen-bond donors (Lipinski definition) is 1. The molecular formula is C19H21N3O. The maximum Gasteiger partial charge on any atom is 0.146 e. The first-order chi connectivity index (χ1) is 11.3. The molecule has 0 spiro atoms. The summed E-state index contributed by atoms with van der Waals surface area (Å²) in [5.41, 5.74) is 4.99. The van der Waals surface area contributed by atoms with Gasteiger partial charge >= 0.3 is 0 Å². The van der Waals surface area contributed by atoms with Gasteiger partial charge in [-0.25, -0.2) is 4.98 Å². The van der Waals surface area contributed by atoms with Crippen LogP contribution in [0.2, 0.25) is 0 Å². The lowest BCUT2D eigenvalue weighted by Gasteiger charge is -2.23. The van der Waals surface area contributed by atoms with E-state index in [1.54, 1.807) is 0 Å². The van der Waals surface area contributed by atoms with E-state index in [9.17, 15) is 10.4 Å². The summed E-state index contributed by atoms with van der Waals surface area (Å²) >= 11 is 0. The van der Waals surface area contributed by atoms with Crippen LogP contribution in [0.25, 0.3) is 0 Å². The fourth-order valence-electron chi connectivity index (χ4n) is 3.23. The Morgan fingerprint density at radius 1 is 1.22 bits per heavy atom. The molecular weight excluding hydrogens is 286 g/mol. The number of aromatic nitrogens is 1. The summed E-state index contributed by atoms with van der Waals surface area (Å²) < 4.78 is 0. The third-order valence-corrected chi connectivity index (χ3v) is 4.54. The van der Waals surface area contributed by atoms with E-state index in [0.29, 0.717) is 17.1 Å². The molecule has 3 rings (SSSR count). The number of nitriles is 1. The van der Waals surface area contributed by atoms with E-state index in [-0.39, 0.29) is 6.61 Å². The van der Waals surface area contributed by atoms with Crippen LogP contribution in [0.15, 0.2) is 30.3 Å². The molecule has 1 aromatic heterocycles. The van der Waals surface area contributed by atoms with E-state index in [1.165, 1.54) is 11.1 Å². The second kappa shape index (κ2) is 6.80. The van der Waals surface area contributed by atoms with Crippen molar-refractivity contribution in [1.29, 1.82) is 5.26 Å². The van der Waals surface area contributed by atoms with Crippen LogP contribution < -0.4 is 4.90 Å². The molecule has 0 atom stereocenters. The second-order valence-corrected chi connectivity index (χ2v) is 5.84. The number of hydrogen-bond acceptors (Lipinski definition) is 4. The second-order valence-electron chi connectivity index (χ2n) is 5.84. The molecule has 1 aliphatic heterocycles. The van der Waals surface area contributed by atoms with Gasteiger partial charge in [0.25, 0.3) is 0 Å². The van der Waals surface area contributed by atoms with Gasteiger partial charge < -0.3 is 10.0 Å². The molecule has 2 aromatic rings. The molecule has 1 aliphatic rings. The van der Waals surface area contributed by atoms with Crippen LogP contribution >= 0.6 is 0 Å². The van der Waals surface area contributed by atoms with Gasteiger partial charge in [0.05, 0.1) is 17.9 Å². The maximum atomic E-state index is 9.57. The topological polar surface area (TPSA) is 60.2 Å². The normalized spacial score (nSPS) is 14.0. The Bertz CT molecular complexity index is 722. The Labute approximate surface area is 137 Å². The van der Waals surface area contributed by atoms with Gasteiger partial charge in [0.15, 0.2) is 0 Å². The van der Waals surface area contributed by atoms with Crippen molar-refractivity contribution in [2.45, 2.75) is 32.8 Å². The Hall–Kier alpha value is -2.38. The lowest BCUT2D eigenvalue weighted by atomic mass is 10.0. The molecule has 0 saturated carbocycles. The van der Waals surface area contributed by atoms with Crippen LogP contribution in [0.1, 0.15) is 34.9 Å². The smallest absolute Gasteiger partial charge is 0.146 e. The molecule has 23 heavy (non-hydrogen) atoms. The number of anilines is 1. The van der Waals surface area contributed by atoms with E-state index >= 15 is 0 Å². The molecule has 4 nitrogen and oxygen atoms in total. The fourth-order valence-corrected chi connectivity index (χ4v) is 3.23. The molecule has 4 heteroatoms. The monoisotopic (exact) mass is 307 g/mol. The van der Waals surface area contributed by atoms with Crippen molar-refractivity contribution in [1.82, 2.24) is 4.98 Å². The van der Waals surface area contributed by atoms with Crippen LogP contribution in [0.5, 0.6) is 0 Å². The largest absolute Gasteiger partial charge is 0.390 e. The van der Waals surface area contributed by atoms with Crippen molar-refractivity contribution in [2.24, 2.45) is 0 Å². The predicted molar refractivity (Wildman–Crippen MR) is 90.3 cm³/mol. The van der Waals surface area contributed by atoms with E-state index in [1.807, 2.05) is 13.0 Å². The highest BCUT2D eigenvalue weighted by atomic mass is 16.3. The molecule has 118 valence electrons. The summed E-state index contributed by atoms with van der Waals surface area (Å²) in [5, 5.41) is 19.1. The van der Waals surface area contributed by atoms with Gasteiger partial charge in [-0.05, 0) is 42.0 Å². The number of aliphatic hydroxyl groups is 1. The zero-order chi connectivity index (χ0) is 16.2. The van der Waals surface area contributed by atoms with Crippen molar-refractivity contribution >= 4 is 5.82 Å². The van der Waals surface area contributed by atoms with E-state index in [4.69, 9.17) is 0 Å².